The number of aromatic nitrogens is 1. The Hall–Kier alpha value is -2.59. The average molecular weight is 395 g/mol. The van der Waals surface area contributed by atoms with E-state index >= 15 is 0 Å². The molecule has 1 aromatic heterocycles. The van der Waals surface area contributed by atoms with Gasteiger partial charge in [0.1, 0.15) is 0 Å². The maximum atomic E-state index is 12.5. The van der Waals surface area contributed by atoms with Crippen LogP contribution in [0.25, 0.3) is 11.3 Å². The molecule has 0 bridgehead atoms. The number of oxazole rings is 1. The summed E-state index contributed by atoms with van der Waals surface area (Å²) >= 11 is 5.92. The maximum Gasteiger partial charge on any atom is 0.221 e. The highest BCUT2D eigenvalue weighted by molar-refractivity contribution is 6.30. The fourth-order valence-electron chi connectivity index (χ4n) is 3.32. The highest BCUT2D eigenvalue weighted by atomic mass is 35.5. The summed E-state index contributed by atoms with van der Waals surface area (Å²) in [4.78, 5) is 16.8. The zero-order valence-corrected chi connectivity index (χ0v) is 16.6. The number of carbonyl (C=O) groups is 1. The van der Waals surface area contributed by atoms with Crippen LogP contribution in [-0.4, -0.2) is 10.9 Å². The van der Waals surface area contributed by atoms with Gasteiger partial charge in [-0.05, 0) is 55.5 Å². The Labute approximate surface area is 169 Å². The third-order valence-corrected chi connectivity index (χ3v) is 5.35. The van der Waals surface area contributed by atoms with E-state index in [0.29, 0.717) is 35.4 Å². The van der Waals surface area contributed by atoms with Crippen molar-refractivity contribution in [3.05, 3.63) is 76.8 Å². The number of nitrogens with zero attached hydrogens (tertiary/aromatic N) is 1. The summed E-state index contributed by atoms with van der Waals surface area (Å²) < 4.78 is 5.79. The highest BCUT2D eigenvalue weighted by Crippen LogP contribution is 2.41. The van der Waals surface area contributed by atoms with Gasteiger partial charge in [0, 0.05) is 23.4 Å². The quantitative estimate of drug-likeness (QED) is 0.575. The van der Waals surface area contributed by atoms with Crippen molar-refractivity contribution < 1.29 is 9.21 Å². The number of carbonyl (C=O) groups excluding carboxylic acids is 1. The first-order valence-corrected chi connectivity index (χ1v) is 10.0. The van der Waals surface area contributed by atoms with Crippen LogP contribution in [0.4, 0.5) is 0 Å². The lowest BCUT2D eigenvalue weighted by atomic mass is 10.0. The summed E-state index contributed by atoms with van der Waals surface area (Å²) in [6.45, 7) is 2.07. The molecule has 5 heteroatoms. The molecule has 4 rings (SSSR count). The standard InChI is InChI=1S/C23H23ClN2O2/c1-15-2-4-17(5-3-15)23(18-6-7-18)26-21(27)12-13-22-25-14-20(28-22)16-8-10-19(24)11-9-16/h2-5,8-11,14,18,23H,6-7,12-13H2,1H3,(H,26,27). The molecular weight excluding hydrogens is 372 g/mol. The zero-order valence-electron chi connectivity index (χ0n) is 15.8. The second-order valence-corrected chi connectivity index (χ2v) is 7.85. The molecule has 1 aliphatic carbocycles. The fourth-order valence-corrected chi connectivity index (χ4v) is 3.44. The van der Waals surface area contributed by atoms with Crippen molar-refractivity contribution in [3.8, 4) is 11.3 Å². The lowest BCUT2D eigenvalue weighted by Crippen LogP contribution is -2.30. The number of hydrogen-bond donors (Lipinski definition) is 1. The van der Waals surface area contributed by atoms with Gasteiger partial charge in [0.25, 0.3) is 0 Å². The van der Waals surface area contributed by atoms with Crippen molar-refractivity contribution in [1.82, 2.24) is 10.3 Å². The molecule has 1 unspecified atom stereocenters. The molecular formula is C23H23ClN2O2. The van der Waals surface area contributed by atoms with Crippen LogP contribution in [0.1, 0.15) is 42.3 Å². The van der Waals surface area contributed by atoms with Crippen molar-refractivity contribution in [3.63, 3.8) is 0 Å². The van der Waals surface area contributed by atoms with Gasteiger partial charge >= 0.3 is 0 Å². The first-order valence-electron chi connectivity index (χ1n) is 9.65. The molecule has 1 aliphatic rings. The number of halogens is 1. The summed E-state index contributed by atoms with van der Waals surface area (Å²) in [5.41, 5.74) is 3.33. The maximum absolute atomic E-state index is 12.5. The van der Waals surface area contributed by atoms with Crippen molar-refractivity contribution in [2.24, 2.45) is 5.92 Å². The normalized spacial score (nSPS) is 14.6. The minimum Gasteiger partial charge on any atom is -0.441 e. The van der Waals surface area contributed by atoms with E-state index < -0.39 is 0 Å². The van der Waals surface area contributed by atoms with Crippen LogP contribution >= 0.6 is 11.6 Å². The highest BCUT2D eigenvalue weighted by Gasteiger charge is 2.33. The predicted octanol–water partition coefficient (Wildman–Crippen LogP) is 5.50. The van der Waals surface area contributed by atoms with E-state index in [9.17, 15) is 4.79 Å². The van der Waals surface area contributed by atoms with E-state index in [2.05, 4.69) is 41.5 Å². The average Bonchev–Trinajstić information content (AvgIpc) is 3.43. The lowest BCUT2D eigenvalue weighted by molar-refractivity contribution is -0.122. The predicted molar refractivity (Wildman–Crippen MR) is 110 cm³/mol. The van der Waals surface area contributed by atoms with Gasteiger partial charge in [0.15, 0.2) is 11.7 Å². The third-order valence-electron chi connectivity index (χ3n) is 5.09. The van der Waals surface area contributed by atoms with Crippen LogP contribution in [-0.2, 0) is 11.2 Å². The molecule has 2 aromatic carbocycles. The van der Waals surface area contributed by atoms with Gasteiger partial charge in [-0.1, -0.05) is 41.4 Å². The van der Waals surface area contributed by atoms with Gasteiger partial charge in [-0.25, -0.2) is 4.98 Å². The molecule has 1 fully saturated rings. The monoisotopic (exact) mass is 394 g/mol. The van der Waals surface area contributed by atoms with Gasteiger partial charge in [0.2, 0.25) is 5.91 Å². The number of rotatable bonds is 7. The van der Waals surface area contributed by atoms with E-state index in [1.54, 1.807) is 6.20 Å². The third kappa shape index (κ3) is 4.63. The molecule has 1 amide bonds. The fraction of sp³-hybridized carbons (Fsp3) is 0.304. The second kappa shape index (κ2) is 8.19. The van der Waals surface area contributed by atoms with Gasteiger partial charge in [-0.3, -0.25) is 4.79 Å². The largest absolute Gasteiger partial charge is 0.441 e. The van der Waals surface area contributed by atoms with E-state index in [1.807, 2.05) is 24.3 Å². The summed E-state index contributed by atoms with van der Waals surface area (Å²) in [6, 6.07) is 15.9. The molecule has 144 valence electrons. The van der Waals surface area contributed by atoms with Crippen molar-refractivity contribution >= 4 is 17.5 Å². The number of aryl methyl sites for hydroxylation is 2. The van der Waals surface area contributed by atoms with Gasteiger partial charge in [-0.2, -0.15) is 0 Å². The topological polar surface area (TPSA) is 55.1 Å². The number of nitrogens with one attached hydrogen (secondary N) is 1. The van der Waals surface area contributed by atoms with Gasteiger partial charge in [0.05, 0.1) is 12.2 Å². The molecule has 0 saturated heterocycles. The van der Waals surface area contributed by atoms with E-state index in [4.69, 9.17) is 16.0 Å². The minimum absolute atomic E-state index is 0.0312. The first kappa shape index (κ1) is 18.8. The zero-order chi connectivity index (χ0) is 19.5. The lowest BCUT2D eigenvalue weighted by Gasteiger charge is -2.19. The molecule has 3 aromatic rings. The molecule has 0 spiro atoms. The Bertz CT molecular complexity index is 943. The number of amides is 1. The minimum atomic E-state index is 0.0312. The SMILES string of the molecule is Cc1ccc(C(NC(=O)CCc2ncc(-c3ccc(Cl)cc3)o2)C2CC2)cc1. The molecule has 1 saturated carbocycles. The van der Waals surface area contributed by atoms with Crippen LogP contribution in [0.3, 0.4) is 0 Å². The van der Waals surface area contributed by atoms with Crippen LogP contribution < -0.4 is 5.32 Å². The molecule has 0 aliphatic heterocycles. The van der Waals surface area contributed by atoms with Crippen molar-refractivity contribution in [1.29, 1.82) is 0 Å². The Kier molecular flexibility index (Phi) is 5.49. The summed E-state index contributed by atoms with van der Waals surface area (Å²) in [5, 5.41) is 3.89. The molecule has 1 heterocycles. The van der Waals surface area contributed by atoms with Crippen LogP contribution in [0.5, 0.6) is 0 Å². The molecule has 0 radical (unpaired) electrons. The van der Waals surface area contributed by atoms with E-state index in [1.165, 1.54) is 24.0 Å². The Morgan fingerprint density at radius 3 is 2.57 bits per heavy atom. The molecule has 1 atom stereocenters. The Morgan fingerprint density at radius 2 is 1.89 bits per heavy atom. The van der Waals surface area contributed by atoms with Gasteiger partial charge in [-0.15, -0.1) is 0 Å². The summed E-state index contributed by atoms with van der Waals surface area (Å²) in [7, 11) is 0. The molecule has 4 nitrogen and oxygen atoms in total. The van der Waals surface area contributed by atoms with Crippen LogP contribution in [0.15, 0.2) is 59.1 Å². The van der Waals surface area contributed by atoms with E-state index in [0.717, 1.165) is 5.56 Å². The van der Waals surface area contributed by atoms with Crippen molar-refractivity contribution in [2.45, 2.75) is 38.6 Å². The first-order chi connectivity index (χ1) is 13.6. The Balaban J connectivity index is 1.35. The summed E-state index contributed by atoms with van der Waals surface area (Å²) in [5.74, 6) is 1.83. The smallest absolute Gasteiger partial charge is 0.221 e. The number of hydrogen-bond acceptors (Lipinski definition) is 3. The van der Waals surface area contributed by atoms with Gasteiger partial charge < -0.3 is 9.73 Å². The Morgan fingerprint density at radius 1 is 1.18 bits per heavy atom. The summed E-state index contributed by atoms with van der Waals surface area (Å²) in [6.07, 6.45) is 4.86. The van der Waals surface area contributed by atoms with Crippen molar-refractivity contribution in [2.75, 3.05) is 0 Å². The van der Waals surface area contributed by atoms with Crippen LogP contribution in [0, 0.1) is 12.8 Å². The van der Waals surface area contributed by atoms with E-state index in [-0.39, 0.29) is 11.9 Å². The second-order valence-electron chi connectivity index (χ2n) is 7.42. The molecule has 1 N–H and O–H groups in total. The molecule has 28 heavy (non-hydrogen) atoms. The number of benzene rings is 2. The van der Waals surface area contributed by atoms with Crippen LogP contribution in [0.2, 0.25) is 5.02 Å².